The monoisotopic (exact) mass is 237 g/mol. The first kappa shape index (κ1) is 13.7. The molecule has 1 heterocycles. The van der Waals surface area contributed by atoms with Crippen molar-refractivity contribution < 1.29 is 0 Å². The molecule has 1 aromatic heterocycles. The molecule has 1 aromatic rings. The van der Waals surface area contributed by atoms with Crippen molar-refractivity contribution in [1.29, 1.82) is 0 Å². The van der Waals surface area contributed by atoms with Crippen molar-refractivity contribution in [3.05, 3.63) is 11.9 Å². The highest BCUT2D eigenvalue weighted by Crippen LogP contribution is 2.27. The van der Waals surface area contributed by atoms with Crippen LogP contribution < -0.4 is 16.6 Å². The van der Waals surface area contributed by atoms with Gasteiger partial charge in [0.1, 0.15) is 18.0 Å². The van der Waals surface area contributed by atoms with Crippen LogP contribution in [0, 0.1) is 6.92 Å². The normalized spacial score (nSPS) is 11.4. The molecule has 17 heavy (non-hydrogen) atoms. The Morgan fingerprint density at radius 3 is 2.12 bits per heavy atom. The average molecular weight is 237 g/mol. The molecule has 96 valence electrons. The van der Waals surface area contributed by atoms with E-state index in [-0.39, 0.29) is 5.54 Å². The third-order valence-corrected chi connectivity index (χ3v) is 3.63. The molecule has 0 unspecified atom stereocenters. The fraction of sp³-hybridized carbons (Fsp3) is 0.667. The van der Waals surface area contributed by atoms with E-state index in [1.165, 1.54) is 6.33 Å². The van der Waals surface area contributed by atoms with E-state index in [1.54, 1.807) is 0 Å². The van der Waals surface area contributed by atoms with E-state index in [0.29, 0.717) is 5.82 Å². The van der Waals surface area contributed by atoms with Crippen molar-refractivity contribution in [3.63, 3.8) is 0 Å². The van der Waals surface area contributed by atoms with Crippen LogP contribution in [0.1, 0.15) is 45.6 Å². The summed E-state index contributed by atoms with van der Waals surface area (Å²) in [7, 11) is 0. The topological polar surface area (TPSA) is 75.9 Å². The van der Waals surface area contributed by atoms with Crippen LogP contribution in [-0.4, -0.2) is 15.5 Å². The highest BCUT2D eigenvalue weighted by Gasteiger charge is 2.24. The van der Waals surface area contributed by atoms with Crippen LogP contribution in [0.3, 0.4) is 0 Å². The number of anilines is 2. The summed E-state index contributed by atoms with van der Waals surface area (Å²) in [6.07, 6.45) is 4.72. The van der Waals surface area contributed by atoms with E-state index in [9.17, 15) is 0 Å². The molecule has 0 atom stereocenters. The second-order valence-corrected chi connectivity index (χ2v) is 4.31. The molecule has 0 spiro atoms. The summed E-state index contributed by atoms with van der Waals surface area (Å²) in [5.74, 6) is 6.94. The molecule has 0 aromatic carbocycles. The minimum absolute atomic E-state index is 0.102. The molecule has 0 amide bonds. The minimum Gasteiger partial charge on any atom is -0.364 e. The maximum absolute atomic E-state index is 5.41. The van der Waals surface area contributed by atoms with Gasteiger partial charge in [0.2, 0.25) is 0 Å². The maximum atomic E-state index is 5.41. The number of nitrogens with two attached hydrogens (primary N) is 1. The Kier molecular flexibility index (Phi) is 4.69. The molecular weight excluding hydrogens is 214 g/mol. The molecule has 0 aliphatic heterocycles. The summed E-state index contributed by atoms with van der Waals surface area (Å²) in [4.78, 5) is 8.38. The number of aromatic nitrogens is 2. The van der Waals surface area contributed by atoms with Gasteiger partial charge >= 0.3 is 0 Å². The summed E-state index contributed by atoms with van der Waals surface area (Å²) in [6, 6.07) is 0. The summed E-state index contributed by atoms with van der Waals surface area (Å²) in [5, 5.41) is 3.54. The zero-order valence-electron chi connectivity index (χ0n) is 11.2. The molecule has 1 rings (SSSR count). The molecule has 5 heteroatoms. The van der Waals surface area contributed by atoms with Gasteiger partial charge in [-0.3, -0.25) is 0 Å². The largest absolute Gasteiger partial charge is 0.364 e. The van der Waals surface area contributed by atoms with Gasteiger partial charge in [0.05, 0.1) is 0 Å². The van der Waals surface area contributed by atoms with Crippen molar-refractivity contribution >= 4 is 11.6 Å². The fourth-order valence-corrected chi connectivity index (χ4v) is 1.99. The molecule has 0 fully saturated rings. The Hall–Kier alpha value is -1.36. The Balaban J connectivity index is 3.01. The van der Waals surface area contributed by atoms with Crippen LogP contribution >= 0.6 is 0 Å². The zero-order chi connectivity index (χ0) is 12.9. The van der Waals surface area contributed by atoms with Crippen molar-refractivity contribution in [1.82, 2.24) is 9.97 Å². The van der Waals surface area contributed by atoms with Crippen LogP contribution in [-0.2, 0) is 0 Å². The van der Waals surface area contributed by atoms with Crippen LogP contribution in [0.25, 0.3) is 0 Å². The third-order valence-electron chi connectivity index (χ3n) is 3.63. The van der Waals surface area contributed by atoms with E-state index >= 15 is 0 Å². The second kappa shape index (κ2) is 5.82. The predicted molar refractivity (Wildman–Crippen MR) is 71.8 cm³/mol. The molecule has 0 saturated heterocycles. The maximum Gasteiger partial charge on any atom is 0.148 e. The van der Waals surface area contributed by atoms with E-state index in [2.05, 4.69) is 41.5 Å². The first-order valence-corrected chi connectivity index (χ1v) is 6.18. The lowest BCUT2D eigenvalue weighted by molar-refractivity contribution is 0.418. The number of hydrazine groups is 1. The molecule has 5 nitrogen and oxygen atoms in total. The van der Waals surface area contributed by atoms with Gasteiger partial charge in [-0.2, -0.15) is 0 Å². The molecule has 0 saturated carbocycles. The second-order valence-electron chi connectivity index (χ2n) is 4.31. The quantitative estimate of drug-likeness (QED) is 0.523. The molecule has 0 aliphatic rings. The SMILES string of the molecule is CCC(CC)(CC)Nc1ncnc(NN)c1C. The van der Waals surface area contributed by atoms with Gasteiger partial charge in [-0.15, -0.1) is 0 Å². The summed E-state index contributed by atoms with van der Waals surface area (Å²) < 4.78 is 0. The summed E-state index contributed by atoms with van der Waals surface area (Å²) >= 11 is 0. The van der Waals surface area contributed by atoms with Crippen LogP contribution in [0.5, 0.6) is 0 Å². The first-order chi connectivity index (χ1) is 8.12. The first-order valence-electron chi connectivity index (χ1n) is 6.18. The number of nitrogens with zero attached hydrogens (tertiary/aromatic N) is 2. The van der Waals surface area contributed by atoms with E-state index in [4.69, 9.17) is 5.84 Å². The lowest BCUT2D eigenvalue weighted by atomic mass is 9.89. The Morgan fingerprint density at radius 2 is 1.65 bits per heavy atom. The number of nitrogen functional groups attached to an aromatic ring is 1. The summed E-state index contributed by atoms with van der Waals surface area (Å²) in [5.41, 5.74) is 3.64. The number of hydrogen-bond donors (Lipinski definition) is 3. The Labute approximate surface area is 103 Å². The Bertz CT molecular complexity index is 352. The van der Waals surface area contributed by atoms with Gasteiger partial charge in [0, 0.05) is 11.1 Å². The van der Waals surface area contributed by atoms with Gasteiger partial charge in [-0.05, 0) is 26.2 Å². The molecule has 0 radical (unpaired) electrons. The van der Waals surface area contributed by atoms with Crippen molar-refractivity contribution in [2.45, 2.75) is 52.5 Å². The zero-order valence-corrected chi connectivity index (χ0v) is 11.2. The van der Waals surface area contributed by atoms with Gasteiger partial charge < -0.3 is 10.7 Å². The van der Waals surface area contributed by atoms with Crippen molar-refractivity contribution in [2.24, 2.45) is 5.84 Å². The third kappa shape index (κ3) is 2.85. The van der Waals surface area contributed by atoms with E-state index < -0.39 is 0 Å². The lowest BCUT2D eigenvalue weighted by Gasteiger charge is -2.33. The highest BCUT2D eigenvalue weighted by atomic mass is 15.3. The van der Waals surface area contributed by atoms with Crippen LogP contribution in [0.15, 0.2) is 6.33 Å². The van der Waals surface area contributed by atoms with Gasteiger partial charge in [-0.25, -0.2) is 15.8 Å². The smallest absolute Gasteiger partial charge is 0.148 e. The van der Waals surface area contributed by atoms with Crippen LogP contribution in [0.4, 0.5) is 11.6 Å². The summed E-state index contributed by atoms with van der Waals surface area (Å²) in [6.45, 7) is 8.54. The highest BCUT2D eigenvalue weighted by molar-refractivity contribution is 5.56. The van der Waals surface area contributed by atoms with E-state index in [1.807, 2.05) is 6.92 Å². The van der Waals surface area contributed by atoms with Crippen molar-refractivity contribution in [3.8, 4) is 0 Å². The predicted octanol–water partition coefficient (Wildman–Crippen LogP) is 2.45. The molecule has 4 N–H and O–H groups in total. The van der Waals surface area contributed by atoms with Crippen molar-refractivity contribution in [2.75, 3.05) is 10.7 Å². The average Bonchev–Trinajstić information content (AvgIpc) is 2.38. The standard InChI is InChI=1S/C12H23N5/c1-5-12(6-2,7-3)16-10-9(4)11(17-13)15-8-14-10/h8H,5-7,13H2,1-4H3,(H2,14,15,16,17). The number of hydrogen-bond acceptors (Lipinski definition) is 5. The van der Waals surface area contributed by atoms with E-state index in [0.717, 1.165) is 30.6 Å². The molecule has 0 bridgehead atoms. The Morgan fingerprint density at radius 1 is 1.12 bits per heavy atom. The minimum atomic E-state index is 0.102. The van der Waals surface area contributed by atoms with Gasteiger partial charge in [-0.1, -0.05) is 20.8 Å². The lowest BCUT2D eigenvalue weighted by Crippen LogP contribution is -2.36. The van der Waals surface area contributed by atoms with Gasteiger partial charge in [0.25, 0.3) is 0 Å². The van der Waals surface area contributed by atoms with Crippen LogP contribution in [0.2, 0.25) is 0 Å². The molecular formula is C12H23N5. The molecule has 0 aliphatic carbocycles. The number of nitrogens with one attached hydrogen (secondary N) is 2. The fourth-order valence-electron chi connectivity index (χ4n) is 1.99. The van der Waals surface area contributed by atoms with Gasteiger partial charge in [0.15, 0.2) is 0 Å². The number of rotatable bonds is 6.